The van der Waals surface area contributed by atoms with Crippen molar-refractivity contribution >= 4 is 17.5 Å². The average molecular weight is 292 g/mol. The Bertz CT molecular complexity index is 484. The van der Waals surface area contributed by atoms with Gasteiger partial charge in [-0.3, -0.25) is 4.79 Å². The first kappa shape index (κ1) is 13.9. The lowest BCUT2D eigenvalue weighted by molar-refractivity contribution is 0.0754. The number of amides is 1. The van der Waals surface area contributed by atoms with Crippen LogP contribution >= 0.6 is 11.6 Å². The number of hydrogen-bond donors (Lipinski definition) is 0. The molecular formula is C17H22ClNO. The number of nitrogens with zero attached hydrogens (tertiary/aromatic N) is 1. The number of rotatable bonds is 4. The number of hydrogen-bond acceptors (Lipinski definition) is 1. The quantitative estimate of drug-likeness (QED) is 0.770. The van der Waals surface area contributed by atoms with E-state index >= 15 is 0 Å². The predicted octanol–water partition coefficient (Wildman–Crippen LogP) is 3.93. The van der Waals surface area contributed by atoms with E-state index in [1.54, 1.807) is 0 Å². The van der Waals surface area contributed by atoms with E-state index in [0.29, 0.717) is 5.88 Å². The molecule has 2 fully saturated rings. The minimum absolute atomic E-state index is 0.133. The van der Waals surface area contributed by atoms with Gasteiger partial charge in [0.2, 0.25) is 0 Å². The Hall–Kier alpha value is -1.02. The van der Waals surface area contributed by atoms with Crippen molar-refractivity contribution in [2.75, 3.05) is 13.6 Å². The van der Waals surface area contributed by atoms with E-state index in [9.17, 15) is 4.79 Å². The first-order chi connectivity index (χ1) is 9.67. The van der Waals surface area contributed by atoms with Gasteiger partial charge in [0.1, 0.15) is 0 Å². The number of fused-ring (bicyclic) bond motifs is 2. The molecule has 1 amide bonds. The predicted molar refractivity (Wildman–Crippen MR) is 81.9 cm³/mol. The first-order valence-electron chi connectivity index (χ1n) is 7.57. The molecule has 0 saturated heterocycles. The van der Waals surface area contributed by atoms with Crippen LogP contribution < -0.4 is 0 Å². The molecule has 0 aliphatic heterocycles. The molecule has 3 rings (SSSR count). The average Bonchev–Trinajstić information content (AvgIpc) is 3.09. The minimum Gasteiger partial charge on any atom is -0.341 e. The van der Waals surface area contributed by atoms with Crippen LogP contribution in [0.3, 0.4) is 0 Å². The van der Waals surface area contributed by atoms with E-state index < -0.39 is 0 Å². The molecule has 0 N–H and O–H groups in total. The maximum Gasteiger partial charge on any atom is 0.253 e. The maximum absolute atomic E-state index is 12.4. The molecule has 1 aromatic carbocycles. The van der Waals surface area contributed by atoms with Crippen molar-refractivity contribution in [3.63, 3.8) is 0 Å². The largest absolute Gasteiger partial charge is 0.341 e. The summed E-state index contributed by atoms with van der Waals surface area (Å²) in [5.41, 5.74) is 1.82. The van der Waals surface area contributed by atoms with Crippen LogP contribution in [0.5, 0.6) is 0 Å². The molecule has 3 atom stereocenters. The molecule has 2 bridgehead atoms. The number of benzene rings is 1. The Labute approximate surface area is 126 Å². The third-order valence-electron chi connectivity index (χ3n) is 5.09. The van der Waals surface area contributed by atoms with E-state index in [1.165, 1.54) is 25.7 Å². The van der Waals surface area contributed by atoms with Crippen LogP contribution in [0.4, 0.5) is 0 Å². The van der Waals surface area contributed by atoms with E-state index in [4.69, 9.17) is 11.6 Å². The van der Waals surface area contributed by atoms with Crippen LogP contribution in [-0.2, 0) is 5.88 Å². The highest BCUT2D eigenvalue weighted by molar-refractivity contribution is 6.17. The molecule has 3 unspecified atom stereocenters. The van der Waals surface area contributed by atoms with Gasteiger partial charge in [0.25, 0.3) is 5.91 Å². The second-order valence-corrected chi connectivity index (χ2v) is 6.72. The van der Waals surface area contributed by atoms with Gasteiger partial charge in [-0.1, -0.05) is 18.6 Å². The third-order valence-corrected chi connectivity index (χ3v) is 5.40. The molecule has 1 aromatic rings. The summed E-state index contributed by atoms with van der Waals surface area (Å²) in [6.07, 6.45) is 5.52. The topological polar surface area (TPSA) is 20.3 Å². The summed E-state index contributed by atoms with van der Waals surface area (Å²) in [5.74, 6) is 3.17. The van der Waals surface area contributed by atoms with E-state index in [1.807, 2.05) is 36.2 Å². The van der Waals surface area contributed by atoms with Crippen LogP contribution in [0.15, 0.2) is 24.3 Å². The third kappa shape index (κ3) is 2.71. The fourth-order valence-electron chi connectivity index (χ4n) is 3.99. The highest BCUT2D eigenvalue weighted by Gasteiger charge is 2.40. The highest BCUT2D eigenvalue weighted by Crippen LogP contribution is 2.48. The second-order valence-electron chi connectivity index (χ2n) is 6.45. The zero-order valence-corrected chi connectivity index (χ0v) is 12.8. The molecule has 2 saturated carbocycles. The summed E-state index contributed by atoms with van der Waals surface area (Å²) < 4.78 is 0. The Morgan fingerprint density at radius 3 is 2.55 bits per heavy atom. The Morgan fingerprint density at radius 1 is 1.25 bits per heavy atom. The molecule has 3 heteroatoms. The number of carbonyl (C=O) groups is 1. The molecule has 0 aromatic heterocycles. The lowest BCUT2D eigenvalue weighted by Crippen LogP contribution is -2.33. The Morgan fingerprint density at radius 2 is 2.00 bits per heavy atom. The van der Waals surface area contributed by atoms with Gasteiger partial charge in [-0.05, 0) is 54.7 Å². The highest BCUT2D eigenvalue weighted by atomic mass is 35.5. The molecule has 2 nitrogen and oxygen atoms in total. The maximum atomic E-state index is 12.4. The summed E-state index contributed by atoms with van der Waals surface area (Å²) >= 11 is 5.78. The molecule has 108 valence electrons. The zero-order chi connectivity index (χ0) is 14.1. The monoisotopic (exact) mass is 291 g/mol. The Balaban J connectivity index is 1.61. The molecule has 0 radical (unpaired) electrons. The van der Waals surface area contributed by atoms with Gasteiger partial charge in [0, 0.05) is 25.0 Å². The van der Waals surface area contributed by atoms with Gasteiger partial charge in [0.05, 0.1) is 0 Å². The van der Waals surface area contributed by atoms with E-state index in [-0.39, 0.29) is 5.91 Å². The first-order valence-corrected chi connectivity index (χ1v) is 8.11. The normalized spacial score (nSPS) is 27.8. The molecule has 0 heterocycles. The van der Waals surface area contributed by atoms with Gasteiger partial charge in [-0.15, -0.1) is 11.6 Å². The fraction of sp³-hybridized carbons (Fsp3) is 0.588. The summed E-state index contributed by atoms with van der Waals surface area (Å²) in [5, 5.41) is 0. The smallest absolute Gasteiger partial charge is 0.253 e. The summed E-state index contributed by atoms with van der Waals surface area (Å²) in [6, 6.07) is 7.64. The van der Waals surface area contributed by atoms with E-state index in [2.05, 4.69) is 0 Å². The van der Waals surface area contributed by atoms with Gasteiger partial charge >= 0.3 is 0 Å². The molecule has 2 aliphatic carbocycles. The van der Waals surface area contributed by atoms with Crippen LogP contribution in [0.25, 0.3) is 0 Å². The van der Waals surface area contributed by atoms with Gasteiger partial charge < -0.3 is 4.90 Å². The lowest BCUT2D eigenvalue weighted by Gasteiger charge is -2.27. The minimum atomic E-state index is 0.133. The molecular weight excluding hydrogens is 270 g/mol. The summed E-state index contributed by atoms with van der Waals surface area (Å²) in [6.45, 7) is 0.914. The zero-order valence-electron chi connectivity index (χ0n) is 12.0. The van der Waals surface area contributed by atoms with Crippen molar-refractivity contribution in [1.82, 2.24) is 4.90 Å². The number of halogens is 1. The molecule has 20 heavy (non-hydrogen) atoms. The van der Waals surface area contributed by atoms with Crippen molar-refractivity contribution in [2.45, 2.75) is 31.6 Å². The van der Waals surface area contributed by atoms with Crippen molar-refractivity contribution in [3.05, 3.63) is 35.4 Å². The summed E-state index contributed by atoms with van der Waals surface area (Å²) in [7, 11) is 1.93. The second kappa shape index (κ2) is 5.77. The van der Waals surface area contributed by atoms with E-state index in [0.717, 1.165) is 35.4 Å². The number of carbonyl (C=O) groups excluding carboxylic acids is 1. The van der Waals surface area contributed by atoms with Gasteiger partial charge in [0.15, 0.2) is 0 Å². The summed E-state index contributed by atoms with van der Waals surface area (Å²) in [4.78, 5) is 14.3. The van der Waals surface area contributed by atoms with Gasteiger partial charge in [-0.25, -0.2) is 0 Å². The fourth-order valence-corrected chi connectivity index (χ4v) is 4.17. The van der Waals surface area contributed by atoms with Crippen LogP contribution in [-0.4, -0.2) is 24.4 Å². The molecule has 0 spiro atoms. The van der Waals surface area contributed by atoms with Gasteiger partial charge in [-0.2, -0.15) is 0 Å². The Kier molecular flexibility index (Phi) is 4.02. The standard InChI is InChI=1S/C17H22ClNO/c1-19(11-16-9-13-4-7-15(16)8-13)17(20)14-5-2-12(10-18)3-6-14/h2-3,5-6,13,15-16H,4,7-11H2,1H3. The van der Waals surface area contributed by atoms with Crippen LogP contribution in [0, 0.1) is 17.8 Å². The van der Waals surface area contributed by atoms with Crippen molar-refractivity contribution in [3.8, 4) is 0 Å². The number of alkyl halides is 1. The van der Waals surface area contributed by atoms with Crippen molar-refractivity contribution < 1.29 is 4.79 Å². The lowest BCUT2D eigenvalue weighted by atomic mass is 9.88. The SMILES string of the molecule is CN(CC1CC2CCC1C2)C(=O)c1ccc(CCl)cc1. The molecule has 2 aliphatic rings. The van der Waals surface area contributed by atoms with Crippen LogP contribution in [0.2, 0.25) is 0 Å². The van der Waals surface area contributed by atoms with Crippen LogP contribution in [0.1, 0.15) is 41.6 Å². The van der Waals surface area contributed by atoms with Crippen molar-refractivity contribution in [1.29, 1.82) is 0 Å². The van der Waals surface area contributed by atoms with Crippen molar-refractivity contribution in [2.24, 2.45) is 17.8 Å².